The van der Waals surface area contributed by atoms with Gasteiger partial charge in [-0.25, -0.2) is 0 Å². The first-order chi connectivity index (χ1) is 9.80. The van der Waals surface area contributed by atoms with Crippen LogP contribution in [0, 0.1) is 5.92 Å². The lowest BCUT2D eigenvalue weighted by molar-refractivity contribution is 0.0383. The zero-order valence-electron chi connectivity index (χ0n) is 13.5. The number of nitrogens with one attached hydrogen (secondary N) is 1. The van der Waals surface area contributed by atoms with Crippen LogP contribution in [-0.4, -0.2) is 31.5 Å². The van der Waals surface area contributed by atoms with Crippen LogP contribution in [0.15, 0.2) is 12.1 Å². The highest BCUT2D eigenvalue weighted by molar-refractivity contribution is 6.33. The van der Waals surface area contributed by atoms with Gasteiger partial charge in [-0.2, -0.15) is 0 Å². The van der Waals surface area contributed by atoms with Crippen LogP contribution < -0.4 is 14.8 Å². The van der Waals surface area contributed by atoms with Gasteiger partial charge in [-0.1, -0.05) is 31.5 Å². The Morgan fingerprint density at radius 2 is 1.95 bits per heavy atom. The van der Waals surface area contributed by atoms with E-state index in [-0.39, 0.29) is 0 Å². The lowest BCUT2D eigenvalue weighted by Gasteiger charge is -2.26. The van der Waals surface area contributed by atoms with Crippen molar-refractivity contribution in [3.63, 3.8) is 0 Å². The maximum atomic E-state index is 10.3. The van der Waals surface area contributed by atoms with Gasteiger partial charge in [0.1, 0.15) is 0 Å². The first-order valence-electron chi connectivity index (χ1n) is 7.13. The minimum absolute atomic E-state index is 0.450. The van der Waals surface area contributed by atoms with Gasteiger partial charge in [0.15, 0.2) is 11.5 Å². The Balaban J connectivity index is 2.68. The molecular weight excluding hydrogens is 290 g/mol. The summed E-state index contributed by atoms with van der Waals surface area (Å²) in [6.07, 6.45) is 0.750. The molecule has 0 heterocycles. The maximum absolute atomic E-state index is 10.3. The fraction of sp³-hybridized carbons (Fsp3) is 0.625. The summed E-state index contributed by atoms with van der Waals surface area (Å²) in [6.45, 7) is 7.11. The summed E-state index contributed by atoms with van der Waals surface area (Å²) in [5.41, 5.74) is 0.187. The molecule has 0 aliphatic carbocycles. The molecule has 0 fully saturated rings. The number of halogens is 1. The van der Waals surface area contributed by atoms with E-state index in [4.69, 9.17) is 21.1 Å². The summed E-state index contributed by atoms with van der Waals surface area (Å²) in [4.78, 5) is 0. The monoisotopic (exact) mass is 315 g/mol. The van der Waals surface area contributed by atoms with Crippen LogP contribution in [0.5, 0.6) is 11.5 Å². The van der Waals surface area contributed by atoms with Gasteiger partial charge in [-0.05, 0) is 30.9 Å². The largest absolute Gasteiger partial charge is 0.493 e. The minimum Gasteiger partial charge on any atom is -0.493 e. The topological polar surface area (TPSA) is 50.7 Å². The number of hydrogen-bond acceptors (Lipinski definition) is 4. The molecule has 1 aromatic carbocycles. The third kappa shape index (κ3) is 5.38. The summed E-state index contributed by atoms with van der Waals surface area (Å²) in [7, 11) is 3.14. The lowest BCUT2D eigenvalue weighted by Crippen LogP contribution is -2.38. The van der Waals surface area contributed by atoms with E-state index >= 15 is 0 Å². The van der Waals surface area contributed by atoms with Gasteiger partial charge in [0.2, 0.25) is 0 Å². The van der Waals surface area contributed by atoms with Crippen LogP contribution >= 0.6 is 11.6 Å². The fourth-order valence-electron chi connectivity index (χ4n) is 2.48. The average molecular weight is 316 g/mol. The molecule has 1 rings (SSSR count). The standard InChI is InChI=1S/C16H26ClNO3/c1-11(2)8-16(3,19)10-18-9-12-6-7-13(20-4)15(21-5)14(12)17/h6-7,11,18-19H,8-10H2,1-5H3. The van der Waals surface area contributed by atoms with Crippen LogP contribution in [0.3, 0.4) is 0 Å². The van der Waals surface area contributed by atoms with Crippen LogP contribution in [-0.2, 0) is 6.54 Å². The van der Waals surface area contributed by atoms with Crippen molar-refractivity contribution in [2.24, 2.45) is 5.92 Å². The molecule has 1 aromatic rings. The zero-order chi connectivity index (χ0) is 16.0. The van der Waals surface area contributed by atoms with Gasteiger partial charge < -0.3 is 19.9 Å². The van der Waals surface area contributed by atoms with Crippen molar-refractivity contribution in [3.8, 4) is 11.5 Å². The summed E-state index contributed by atoms with van der Waals surface area (Å²) in [5, 5.41) is 14.1. The second-order valence-corrected chi connectivity index (χ2v) is 6.35. The van der Waals surface area contributed by atoms with E-state index < -0.39 is 5.60 Å². The van der Waals surface area contributed by atoms with Crippen molar-refractivity contribution >= 4 is 11.6 Å². The zero-order valence-corrected chi connectivity index (χ0v) is 14.3. The molecule has 0 saturated heterocycles. The van der Waals surface area contributed by atoms with Gasteiger partial charge in [0, 0.05) is 13.1 Å². The van der Waals surface area contributed by atoms with Gasteiger partial charge in [-0.3, -0.25) is 0 Å². The molecule has 0 aromatic heterocycles. The second kappa shape index (κ2) is 7.87. The quantitative estimate of drug-likeness (QED) is 0.773. The molecule has 0 aliphatic rings. The predicted molar refractivity (Wildman–Crippen MR) is 86.3 cm³/mol. The van der Waals surface area contributed by atoms with Crippen LogP contribution in [0.4, 0.5) is 0 Å². The second-order valence-electron chi connectivity index (χ2n) is 5.97. The SMILES string of the molecule is COc1ccc(CNCC(C)(O)CC(C)C)c(Cl)c1OC. The summed E-state index contributed by atoms with van der Waals surface area (Å²) >= 11 is 6.32. The molecule has 0 bridgehead atoms. The Labute approximate surface area is 132 Å². The van der Waals surface area contributed by atoms with E-state index in [2.05, 4.69) is 19.2 Å². The predicted octanol–water partition coefficient (Wildman–Crippen LogP) is 3.24. The van der Waals surface area contributed by atoms with Crippen molar-refractivity contribution in [3.05, 3.63) is 22.7 Å². The van der Waals surface area contributed by atoms with Crippen molar-refractivity contribution < 1.29 is 14.6 Å². The van der Waals surface area contributed by atoms with Gasteiger partial charge in [0.25, 0.3) is 0 Å². The molecular formula is C16H26ClNO3. The van der Waals surface area contributed by atoms with Crippen molar-refractivity contribution in [1.82, 2.24) is 5.32 Å². The molecule has 0 spiro atoms. The number of benzene rings is 1. The molecule has 0 aliphatic heterocycles. The normalized spacial score (nSPS) is 14.1. The molecule has 4 nitrogen and oxygen atoms in total. The highest BCUT2D eigenvalue weighted by atomic mass is 35.5. The van der Waals surface area contributed by atoms with E-state index in [1.165, 1.54) is 0 Å². The first kappa shape index (κ1) is 18.1. The lowest BCUT2D eigenvalue weighted by atomic mass is 9.94. The van der Waals surface area contributed by atoms with Crippen molar-refractivity contribution in [1.29, 1.82) is 0 Å². The Kier molecular flexibility index (Phi) is 6.78. The summed E-state index contributed by atoms with van der Waals surface area (Å²) in [6, 6.07) is 3.72. The van der Waals surface area contributed by atoms with E-state index in [0.717, 1.165) is 12.0 Å². The third-order valence-electron chi connectivity index (χ3n) is 3.23. The molecule has 1 atom stereocenters. The third-order valence-corrected chi connectivity index (χ3v) is 3.65. The highest BCUT2D eigenvalue weighted by Gasteiger charge is 2.21. The van der Waals surface area contributed by atoms with Crippen molar-refractivity contribution in [2.75, 3.05) is 20.8 Å². The maximum Gasteiger partial charge on any atom is 0.179 e. The van der Waals surface area contributed by atoms with E-state index in [1.807, 2.05) is 19.1 Å². The molecule has 1 unspecified atom stereocenters. The van der Waals surface area contributed by atoms with E-state index in [0.29, 0.717) is 35.5 Å². The average Bonchev–Trinajstić information content (AvgIpc) is 2.38. The molecule has 0 radical (unpaired) electrons. The molecule has 0 amide bonds. The Bertz CT molecular complexity index is 461. The summed E-state index contributed by atoms with van der Waals surface area (Å²) < 4.78 is 10.5. The Morgan fingerprint density at radius 3 is 2.48 bits per heavy atom. The van der Waals surface area contributed by atoms with Crippen LogP contribution in [0.25, 0.3) is 0 Å². The smallest absolute Gasteiger partial charge is 0.179 e. The first-order valence-corrected chi connectivity index (χ1v) is 7.51. The van der Waals surface area contributed by atoms with Gasteiger partial charge >= 0.3 is 0 Å². The molecule has 120 valence electrons. The van der Waals surface area contributed by atoms with Crippen LogP contribution in [0.1, 0.15) is 32.8 Å². The van der Waals surface area contributed by atoms with Crippen molar-refractivity contribution in [2.45, 2.75) is 39.3 Å². The minimum atomic E-state index is -0.725. The number of aliphatic hydroxyl groups is 1. The molecule has 5 heteroatoms. The molecule has 0 saturated carbocycles. The highest BCUT2D eigenvalue weighted by Crippen LogP contribution is 2.37. The molecule has 21 heavy (non-hydrogen) atoms. The summed E-state index contributed by atoms with van der Waals surface area (Å²) in [5.74, 6) is 1.59. The van der Waals surface area contributed by atoms with E-state index in [1.54, 1.807) is 14.2 Å². The molecule has 2 N–H and O–H groups in total. The Morgan fingerprint density at radius 1 is 1.29 bits per heavy atom. The number of rotatable bonds is 8. The van der Waals surface area contributed by atoms with Gasteiger partial charge in [-0.15, -0.1) is 0 Å². The van der Waals surface area contributed by atoms with E-state index in [9.17, 15) is 5.11 Å². The number of methoxy groups -OCH3 is 2. The Hall–Kier alpha value is -0.970. The van der Waals surface area contributed by atoms with Gasteiger partial charge in [0.05, 0.1) is 24.8 Å². The number of hydrogen-bond donors (Lipinski definition) is 2. The fourth-order valence-corrected chi connectivity index (χ4v) is 2.78. The number of ether oxygens (including phenoxy) is 2. The van der Waals surface area contributed by atoms with Crippen LogP contribution in [0.2, 0.25) is 5.02 Å².